The van der Waals surface area contributed by atoms with Gasteiger partial charge in [-0.2, -0.15) is 0 Å². The molecule has 86 valence electrons. The topological polar surface area (TPSA) is 107 Å². The molecule has 0 aliphatic heterocycles. The van der Waals surface area contributed by atoms with Gasteiger partial charge in [0.15, 0.2) is 0 Å². The minimum atomic E-state index is -0.503. The summed E-state index contributed by atoms with van der Waals surface area (Å²) >= 11 is 0. The van der Waals surface area contributed by atoms with E-state index in [-0.39, 0.29) is 11.6 Å². The zero-order valence-corrected chi connectivity index (χ0v) is 8.92. The van der Waals surface area contributed by atoms with E-state index in [1.165, 1.54) is 6.07 Å². The number of nitrogens with two attached hydrogens (primary N) is 2. The number of anilines is 1. The Labute approximate surface area is 97.7 Å². The zero-order valence-electron chi connectivity index (χ0n) is 8.92. The third-order valence-electron chi connectivity index (χ3n) is 2.18. The molecule has 1 aromatic heterocycles. The van der Waals surface area contributed by atoms with Gasteiger partial charge in [0.05, 0.1) is 5.69 Å². The van der Waals surface area contributed by atoms with Crippen LogP contribution in [0.1, 0.15) is 10.5 Å². The van der Waals surface area contributed by atoms with Crippen LogP contribution in [-0.4, -0.2) is 15.9 Å². The molecule has 0 radical (unpaired) electrons. The highest BCUT2D eigenvalue weighted by Crippen LogP contribution is 2.17. The summed E-state index contributed by atoms with van der Waals surface area (Å²) in [7, 11) is 0. The van der Waals surface area contributed by atoms with E-state index in [0.717, 1.165) is 5.56 Å². The average molecular weight is 229 g/mol. The summed E-state index contributed by atoms with van der Waals surface area (Å²) < 4.78 is 0. The molecule has 0 atom stereocenters. The van der Waals surface area contributed by atoms with Gasteiger partial charge in [0.25, 0.3) is 5.91 Å². The molecule has 0 aliphatic carbocycles. The largest absolute Gasteiger partial charge is 0.368 e. The van der Waals surface area contributed by atoms with E-state index < -0.39 is 5.91 Å². The number of rotatable bonds is 2. The predicted octanol–water partition coefficient (Wildman–Crippen LogP) is 0.329. The minimum Gasteiger partial charge on any atom is -0.368 e. The molecule has 0 aliphatic rings. The first-order valence-corrected chi connectivity index (χ1v) is 4.91. The second kappa shape index (κ2) is 4.58. The van der Waals surface area contributed by atoms with E-state index in [9.17, 15) is 4.79 Å². The van der Waals surface area contributed by atoms with Gasteiger partial charge in [-0.1, -0.05) is 30.3 Å². The van der Waals surface area contributed by atoms with Crippen molar-refractivity contribution in [3.05, 3.63) is 42.1 Å². The van der Waals surface area contributed by atoms with Crippen molar-refractivity contribution in [2.75, 3.05) is 5.73 Å². The number of hydrogen-bond acceptors (Lipinski definition) is 5. The van der Waals surface area contributed by atoms with Gasteiger partial charge in [-0.15, -0.1) is 0 Å². The summed E-state index contributed by atoms with van der Waals surface area (Å²) in [4.78, 5) is 19.2. The molecule has 17 heavy (non-hydrogen) atoms. The van der Waals surface area contributed by atoms with E-state index in [1.54, 1.807) is 0 Å². The van der Waals surface area contributed by atoms with E-state index in [1.807, 2.05) is 35.8 Å². The number of carbonyl (C=O) groups is 1. The number of aromatic nitrogens is 2. The molecule has 2 aromatic rings. The van der Waals surface area contributed by atoms with Crippen molar-refractivity contribution in [1.29, 1.82) is 0 Å². The Morgan fingerprint density at radius 3 is 2.53 bits per heavy atom. The summed E-state index contributed by atoms with van der Waals surface area (Å²) in [5.41, 5.74) is 9.12. The molecule has 0 fully saturated rings. The Hall–Kier alpha value is -2.47. The fraction of sp³-hybridized carbons (Fsp3) is 0. The third kappa shape index (κ3) is 2.37. The molecular formula is C11H11N5O. The quantitative estimate of drug-likeness (QED) is 0.391. The minimum absolute atomic E-state index is 0.0324. The van der Waals surface area contributed by atoms with Crippen LogP contribution >= 0.6 is 0 Å². The standard InChI is InChI=1S/C11H11N5O/c12-11-14-8(7-4-2-1-3-5-7)6-9(15-11)10(17)16-13/h1-6H,13H2,(H,16,17)(H2,12,14,15). The fourth-order valence-corrected chi connectivity index (χ4v) is 1.41. The summed E-state index contributed by atoms with van der Waals surface area (Å²) in [5, 5.41) is 0. The summed E-state index contributed by atoms with van der Waals surface area (Å²) in [6.07, 6.45) is 0. The van der Waals surface area contributed by atoms with Crippen LogP contribution in [0.5, 0.6) is 0 Å². The average Bonchev–Trinajstić information content (AvgIpc) is 2.38. The first-order chi connectivity index (χ1) is 8.20. The van der Waals surface area contributed by atoms with Crippen molar-refractivity contribution in [2.24, 2.45) is 5.84 Å². The van der Waals surface area contributed by atoms with Crippen molar-refractivity contribution in [1.82, 2.24) is 15.4 Å². The molecule has 2 rings (SSSR count). The molecule has 0 unspecified atom stereocenters. The number of carbonyl (C=O) groups excluding carboxylic acids is 1. The van der Waals surface area contributed by atoms with Gasteiger partial charge in [0.2, 0.25) is 5.95 Å². The zero-order chi connectivity index (χ0) is 12.3. The molecule has 1 amide bonds. The van der Waals surface area contributed by atoms with E-state index in [0.29, 0.717) is 5.69 Å². The number of nitrogens with zero attached hydrogens (tertiary/aromatic N) is 2. The van der Waals surface area contributed by atoms with E-state index in [4.69, 9.17) is 11.6 Å². The number of hydrogen-bond donors (Lipinski definition) is 3. The lowest BCUT2D eigenvalue weighted by atomic mass is 10.1. The van der Waals surface area contributed by atoms with Gasteiger partial charge in [0.1, 0.15) is 5.69 Å². The third-order valence-corrected chi connectivity index (χ3v) is 2.18. The number of amides is 1. The highest BCUT2D eigenvalue weighted by atomic mass is 16.2. The van der Waals surface area contributed by atoms with E-state index >= 15 is 0 Å². The van der Waals surface area contributed by atoms with Gasteiger partial charge in [-0.05, 0) is 6.07 Å². The van der Waals surface area contributed by atoms with Gasteiger partial charge in [-0.25, -0.2) is 15.8 Å². The highest BCUT2D eigenvalue weighted by molar-refractivity contribution is 5.93. The molecule has 0 bridgehead atoms. The molecular weight excluding hydrogens is 218 g/mol. The number of nitrogens with one attached hydrogen (secondary N) is 1. The first kappa shape index (κ1) is 11.0. The van der Waals surface area contributed by atoms with Gasteiger partial charge >= 0.3 is 0 Å². The predicted molar refractivity (Wildman–Crippen MR) is 63.5 cm³/mol. The van der Waals surface area contributed by atoms with Crippen LogP contribution in [0, 0.1) is 0 Å². The van der Waals surface area contributed by atoms with Crippen LogP contribution in [0.15, 0.2) is 36.4 Å². The normalized spacial score (nSPS) is 9.94. The lowest BCUT2D eigenvalue weighted by molar-refractivity contribution is 0.0948. The molecule has 0 saturated heterocycles. The van der Waals surface area contributed by atoms with Crippen molar-refractivity contribution >= 4 is 11.9 Å². The maximum atomic E-state index is 11.4. The van der Waals surface area contributed by atoms with Crippen molar-refractivity contribution in [3.8, 4) is 11.3 Å². The number of benzene rings is 1. The molecule has 6 nitrogen and oxygen atoms in total. The summed E-state index contributed by atoms with van der Waals surface area (Å²) in [6, 6.07) is 10.9. The van der Waals surface area contributed by atoms with Gasteiger partial charge in [-0.3, -0.25) is 10.2 Å². The van der Waals surface area contributed by atoms with Crippen molar-refractivity contribution in [3.63, 3.8) is 0 Å². The molecule has 1 aromatic carbocycles. The number of nitrogen functional groups attached to an aromatic ring is 2. The summed E-state index contributed by atoms with van der Waals surface area (Å²) in [5.74, 6) is 4.57. The van der Waals surface area contributed by atoms with Crippen LogP contribution in [0.2, 0.25) is 0 Å². The van der Waals surface area contributed by atoms with Crippen molar-refractivity contribution < 1.29 is 4.79 Å². The Balaban J connectivity index is 2.49. The van der Waals surface area contributed by atoms with E-state index in [2.05, 4.69) is 9.97 Å². The fourth-order valence-electron chi connectivity index (χ4n) is 1.41. The molecule has 5 N–H and O–H groups in total. The van der Waals surface area contributed by atoms with Crippen LogP contribution in [0.4, 0.5) is 5.95 Å². The SMILES string of the molecule is NNC(=O)c1cc(-c2ccccc2)nc(N)n1. The molecule has 1 heterocycles. The van der Waals surface area contributed by atoms with Crippen LogP contribution in [0.3, 0.4) is 0 Å². The smallest absolute Gasteiger partial charge is 0.283 e. The number of hydrazine groups is 1. The van der Waals surface area contributed by atoms with Crippen LogP contribution < -0.4 is 17.0 Å². The van der Waals surface area contributed by atoms with Crippen molar-refractivity contribution in [2.45, 2.75) is 0 Å². The monoisotopic (exact) mass is 229 g/mol. The van der Waals surface area contributed by atoms with Crippen LogP contribution in [-0.2, 0) is 0 Å². The Kier molecular flexibility index (Phi) is 2.97. The maximum absolute atomic E-state index is 11.4. The second-order valence-corrected chi connectivity index (χ2v) is 3.34. The van der Waals surface area contributed by atoms with Crippen LogP contribution in [0.25, 0.3) is 11.3 Å². The highest BCUT2D eigenvalue weighted by Gasteiger charge is 2.10. The molecule has 0 saturated carbocycles. The molecule has 0 spiro atoms. The lowest BCUT2D eigenvalue weighted by Gasteiger charge is -2.04. The Bertz CT molecular complexity index is 541. The Morgan fingerprint density at radius 1 is 1.18 bits per heavy atom. The Morgan fingerprint density at radius 2 is 1.88 bits per heavy atom. The lowest BCUT2D eigenvalue weighted by Crippen LogP contribution is -2.31. The first-order valence-electron chi connectivity index (χ1n) is 4.91. The van der Waals surface area contributed by atoms with Gasteiger partial charge in [0, 0.05) is 5.56 Å². The molecule has 6 heteroatoms. The summed E-state index contributed by atoms with van der Waals surface area (Å²) in [6.45, 7) is 0. The maximum Gasteiger partial charge on any atom is 0.283 e. The van der Waals surface area contributed by atoms with Gasteiger partial charge < -0.3 is 5.73 Å². The second-order valence-electron chi connectivity index (χ2n) is 3.34.